The van der Waals surface area contributed by atoms with Gasteiger partial charge in [0.2, 0.25) is 0 Å². The molecule has 1 N–H and O–H groups in total. The summed E-state index contributed by atoms with van der Waals surface area (Å²) in [6.07, 6.45) is 6.16. The van der Waals surface area contributed by atoms with Gasteiger partial charge < -0.3 is 15.0 Å². The standard InChI is InChI=1S/C25H35BrClFN2O/c1-3-5-13-30(14-6-4-2)15-7-12-29-18-21-16-22(26)9-11-25(21)31-19-20-8-10-23(28)17-24(20)27/h8-11,16-17,29H,3-7,12-15,18-19H2,1-2H3. The summed E-state index contributed by atoms with van der Waals surface area (Å²) in [5.41, 5.74) is 1.85. The Balaban J connectivity index is 1.83. The highest BCUT2D eigenvalue weighted by Gasteiger charge is 2.08. The molecule has 3 nitrogen and oxygen atoms in total. The van der Waals surface area contributed by atoms with E-state index in [1.807, 2.05) is 12.1 Å². The van der Waals surface area contributed by atoms with E-state index in [4.69, 9.17) is 16.3 Å². The summed E-state index contributed by atoms with van der Waals surface area (Å²) in [5.74, 6) is 0.467. The minimum Gasteiger partial charge on any atom is -0.489 e. The molecule has 0 saturated carbocycles. The van der Waals surface area contributed by atoms with Crippen LogP contribution in [0.4, 0.5) is 4.39 Å². The molecule has 0 aliphatic rings. The zero-order chi connectivity index (χ0) is 22.5. The second-order valence-electron chi connectivity index (χ2n) is 7.86. The van der Waals surface area contributed by atoms with Crippen molar-refractivity contribution in [3.05, 3.63) is 62.8 Å². The van der Waals surface area contributed by atoms with Crippen LogP contribution in [0, 0.1) is 5.82 Å². The average Bonchev–Trinajstić information content (AvgIpc) is 2.75. The third-order valence-corrected chi connectivity index (χ3v) is 6.07. The van der Waals surface area contributed by atoms with Gasteiger partial charge in [-0.2, -0.15) is 0 Å². The quantitative estimate of drug-likeness (QED) is 0.255. The summed E-state index contributed by atoms with van der Waals surface area (Å²) in [5, 5.41) is 3.93. The van der Waals surface area contributed by atoms with Gasteiger partial charge in [-0.25, -0.2) is 4.39 Å². The number of hydrogen-bond donors (Lipinski definition) is 1. The number of benzene rings is 2. The monoisotopic (exact) mass is 512 g/mol. The Morgan fingerprint density at radius 1 is 0.968 bits per heavy atom. The van der Waals surface area contributed by atoms with Crippen molar-refractivity contribution in [3.63, 3.8) is 0 Å². The second-order valence-corrected chi connectivity index (χ2v) is 9.18. The van der Waals surface area contributed by atoms with Crippen molar-refractivity contribution in [3.8, 4) is 5.75 Å². The van der Waals surface area contributed by atoms with Crippen LogP contribution in [-0.2, 0) is 13.2 Å². The maximum absolute atomic E-state index is 13.3. The second kappa shape index (κ2) is 14.8. The number of rotatable bonds is 15. The van der Waals surface area contributed by atoms with Crippen molar-refractivity contribution in [2.45, 2.75) is 59.1 Å². The van der Waals surface area contributed by atoms with Crippen LogP contribution in [0.5, 0.6) is 5.75 Å². The van der Waals surface area contributed by atoms with E-state index in [0.29, 0.717) is 11.6 Å². The fourth-order valence-corrected chi connectivity index (χ4v) is 4.00. The molecule has 172 valence electrons. The topological polar surface area (TPSA) is 24.5 Å². The van der Waals surface area contributed by atoms with E-state index < -0.39 is 0 Å². The Kier molecular flexibility index (Phi) is 12.5. The largest absolute Gasteiger partial charge is 0.489 e. The van der Waals surface area contributed by atoms with Gasteiger partial charge in [-0.05, 0) is 75.8 Å². The van der Waals surface area contributed by atoms with Gasteiger partial charge in [0.05, 0.1) is 5.02 Å². The molecule has 0 saturated heterocycles. The van der Waals surface area contributed by atoms with Crippen LogP contribution in [0.2, 0.25) is 5.02 Å². The van der Waals surface area contributed by atoms with Gasteiger partial charge in [-0.3, -0.25) is 0 Å². The lowest BCUT2D eigenvalue weighted by molar-refractivity contribution is 0.260. The SMILES string of the molecule is CCCCN(CCCC)CCCNCc1cc(Br)ccc1OCc1ccc(F)cc1Cl. The van der Waals surface area contributed by atoms with Gasteiger partial charge in [0.1, 0.15) is 18.2 Å². The van der Waals surface area contributed by atoms with E-state index in [-0.39, 0.29) is 5.82 Å². The Labute approximate surface area is 200 Å². The molecule has 6 heteroatoms. The van der Waals surface area contributed by atoms with E-state index in [0.717, 1.165) is 47.4 Å². The van der Waals surface area contributed by atoms with Crippen LogP contribution in [0.3, 0.4) is 0 Å². The van der Waals surface area contributed by atoms with Crippen LogP contribution in [0.15, 0.2) is 40.9 Å². The van der Waals surface area contributed by atoms with Gasteiger partial charge in [0.15, 0.2) is 0 Å². The molecule has 0 amide bonds. The van der Waals surface area contributed by atoms with Crippen molar-refractivity contribution in [2.75, 3.05) is 26.2 Å². The van der Waals surface area contributed by atoms with Gasteiger partial charge in [-0.15, -0.1) is 0 Å². The van der Waals surface area contributed by atoms with Gasteiger partial charge in [0, 0.05) is 22.1 Å². The molecule has 0 spiro atoms. The van der Waals surface area contributed by atoms with Gasteiger partial charge in [0.25, 0.3) is 0 Å². The molecule has 0 aliphatic heterocycles. The molecule has 0 heterocycles. The summed E-state index contributed by atoms with van der Waals surface area (Å²) < 4.78 is 20.3. The van der Waals surface area contributed by atoms with E-state index in [2.05, 4.69) is 46.1 Å². The van der Waals surface area contributed by atoms with Crippen LogP contribution in [0.25, 0.3) is 0 Å². The first-order chi connectivity index (χ1) is 15.0. The zero-order valence-electron chi connectivity index (χ0n) is 18.7. The van der Waals surface area contributed by atoms with Gasteiger partial charge >= 0.3 is 0 Å². The molecule has 0 radical (unpaired) electrons. The highest BCUT2D eigenvalue weighted by atomic mass is 79.9. The summed E-state index contributed by atoms with van der Waals surface area (Å²) in [7, 11) is 0. The number of halogens is 3. The average molecular weight is 514 g/mol. The molecule has 0 unspecified atom stereocenters. The van der Waals surface area contributed by atoms with Crippen LogP contribution >= 0.6 is 27.5 Å². The summed E-state index contributed by atoms with van der Waals surface area (Å²) in [6, 6.07) is 10.4. The molecular formula is C25H35BrClFN2O. The van der Waals surface area contributed by atoms with Crippen molar-refractivity contribution >= 4 is 27.5 Å². The molecule has 2 rings (SSSR count). The molecule has 0 bridgehead atoms. The predicted molar refractivity (Wildman–Crippen MR) is 132 cm³/mol. The van der Waals surface area contributed by atoms with E-state index in [9.17, 15) is 4.39 Å². The molecule has 31 heavy (non-hydrogen) atoms. The smallest absolute Gasteiger partial charge is 0.124 e. The molecule has 2 aromatic carbocycles. The summed E-state index contributed by atoms with van der Waals surface area (Å²) in [4.78, 5) is 2.59. The lowest BCUT2D eigenvalue weighted by Crippen LogP contribution is -2.29. The highest BCUT2D eigenvalue weighted by Crippen LogP contribution is 2.25. The fourth-order valence-electron chi connectivity index (χ4n) is 3.37. The lowest BCUT2D eigenvalue weighted by Gasteiger charge is -2.22. The molecule has 0 fully saturated rings. The third kappa shape index (κ3) is 9.90. The number of unbranched alkanes of at least 4 members (excludes halogenated alkanes) is 2. The minimum atomic E-state index is -0.342. The first-order valence-electron chi connectivity index (χ1n) is 11.3. The summed E-state index contributed by atoms with van der Waals surface area (Å²) in [6.45, 7) is 10.0. The molecule has 0 aromatic heterocycles. The predicted octanol–water partition coefficient (Wildman–Crippen LogP) is 7.20. The Morgan fingerprint density at radius 2 is 1.68 bits per heavy atom. The lowest BCUT2D eigenvalue weighted by atomic mass is 10.2. The van der Waals surface area contributed by atoms with Gasteiger partial charge in [-0.1, -0.05) is 60.3 Å². The number of nitrogens with one attached hydrogen (secondary N) is 1. The van der Waals surface area contributed by atoms with Crippen molar-refractivity contribution in [1.82, 2.24) is 10.2 Å². The first-order valence-corrected chi connectivity index (χ1v) is 12.5. The maximum atomic E-state index is 13.3. The fraction of sp³-hybridized carbons (Fsp3) is 0.520. The van der Waals surface area contributed by atoms with Crippen LogP contribution in [-0.4, -0.2) is 31.1 Å². The first kappa shape index (κ1) is 26.1. The van der Waals surface area contributed by atoms with E-state index in [1.165, 1.54) is 50.9 Å². The van der Waals surface area contributed by atoms with E-state index >= 15 is 0 Å². The third-order valence-electron chi connectivity index (χ3n) is 5.22. The normalized spacial score (nSPS) is 11.3. The summed E-state index contributed by atoms with van der Waals surface area (Å²) >= 11 is 9.67. The molecule has 0 aliphatic carbocycles. The molecular weight excluding hydrogens is 479 g/mol. The Morgan fingerprint density at radius 3 is 2.35 bits per heavy atom. The molecule has 0 atom stereocenters. The highest BCUT2D eigenvalue weighted by molar-refractivity contribution is 9.10. The van der Waals surface area contributed by atoms with Crippen LogP contribution < -0.4 is 10.1 Å². The van der Waals surface area contributed by atoms with Crippen molar-refractivity contribution in [2.24, 2.45) is 0 Å². The maximum Gasteiger partial charge on any atom is 0.124 e. The van der Waals surface area contributed by atoms with Crippen LogP contribution in [0.1, 0.15) is 57.1 Å². The number of hydrogen-bond acceptors (Lipinski definition) is 3. The Hall–Kier alpha value is -1.14. The Bertz CT molecular complexity index is 782. The minimum absolute atomic E-state index is 0.303. The zero-order valence-corrected chi connectivity index (χ0v) is 21.1. The van der Waals surface area contributed by atoms with Crippen molar-refractivity contribution in [1.29, 1.82) is 0 Å². The van der Waals surface area contributed by atoms with Crippen molar-refractivity contribution < 1.29 is 9.13 Å². The number of ether oxygens (including phenoxy) is 1. The van der Waals surface area contributed by atoms with E-state index in [1.54, 1.807) is 6.07 Å². The molecule has 2 aromatic rings. The number of nitrogens with zero attached hydrogens (tertiary/aromatic N) is 1.